The van der Waals surface area contributed by atoms with Crippen molar-refractivity contribution in [3.8, 4) is 11.5 Å². The minimum absolute atomic E-state index is 0. The van der Waals surface area contributed by atoms with Crippen molar-refractivity contribution in [2.45, 2.75) is 12.6 Å². The molecule has 7 heteroatoms. The number of benzene rings is 2. The average Bonchev–Trinajstić information content (AvgIpc) is 3.10. The van der Waals surface area contributed by atoms with E-state index in [0.717, 1.165) is 35.7 Å². The molecule has 2 atom stereocenters. The molecule has 0 radical (unpaired) electrons. The molecule has 2 aromatic carbocycles. The third kappa shape index (κ3) is 4.86. The summed E-state index contributed by atoms with van der Waals surface area (Å²) in [7, 11) is 3.32. The number of methoxy groups -OCH3 is 2. The Labute approximate surface area is 159 Å². The molecule has 0 bridgehead atoms. The maximum absolute atomic E-state index is 13.1. The van der Waals surface area contributed by atoms with Gasteiger partial charge in [0.1, 0.15) is 17.3 Å². The summed E-state index contributed by atoms with van der Waals surface area (Å²) in [6.45, 7) is 2.36. The molecule has 1 aliphatic heterocycles. The molecule has 1 aliphatic rings. The predicted molar refractivity (Wildman–Crippen MR) is 102 cm³/mol. The highest BCUT2D eigenvalue weighted by atomic mass is 35.5. The van der Waals surface area contributed by atoms with E-state index in [1.807, 2.05) is 30.3 Å². The van der Waals surface area contributed by atoms with Crippen LogP contribution in [0.15, 0.2) is 42.5 Å². The predicted octanol–water partition coefficient (Wildman–Crippen LogP) is 2.82. The van der Waals surface area contributed by atoms with Gasteiger partial charge in [0, 0.05) is 31.1 Å². The molecule has 3 N–H and O–H groups in total. The Morgan fingerprint density at radius 3 is 2.58 bits per heavy atom. The topological polar surface area (TPSA) is 54.6 Å². The lowest BCUT2D eigenvalue weighted by Gasteiger charge is -2.20. The molecule has 0 spiro atoms. The Morgan fingerprint density at radius 2 is 1.88 bits per heavy atom. The van der Waals surface area contributed by atoms with Gasteiger partial charge in [-0.05, 0) is 35.9 Å². The minimum atomic E-state index is -0.213. The van der Waals surface area contributed by atoms with Crippen LogP contribution in [-0.4, -0.2) is 27.3 Å². The van der Waals surface area contributed by atoms with E-state index in [9.17, 15) is 4.39 Å². The SMILES string of the molecule is COc1ccc(OC)c(CNCC2CNNC2c2ccc(F)cc2)c1.Cl. The average molecular weight is 382 g/mol. The van der Waals surface area contributed by atoms with Crippen molar-refractivity contribution in [1.29, 1.82) is 0 Å². The van der Waals surface area contributed by atoms with Gasteiger partial charge >= 0.3 is 0 Å². The van der Waals surface area contributed by atoms with Crippen molar-refractivity contribution in [3.05, 3.63) is 59.4 Å². The number of hydrogen-bond acceptors (Lipinski definition) is 5. The number of ether oxygens (including phenoxy) is 2. The normalized spacial score (nSPS) is 19.0. The number of halogens is 2. The Morgan fingerprint density at radius 1 is 1.12 bits per heavy atom. The highest BCUT2D eigenvalue weighted by Gasteiger charge is 2.27. The first-order valence-corrected chi connectivity index (χ1v) is 8.36. The van der Waals surface area contributed by atoms with Crippen LogP contribution in [0.5, 0.6) is 11.5 Å². The fourth-order valence-electron chi connectivity index (χ4n) is 3.16. The van der Waals surface area contributed by atoms with Crippen LogP contribution in [0.4, 0.5) is 4.39 Å². The molecule has 2 aromatic rings. The molecule has 0 amide bonds. The number of hydrazine groups is 1. The second kappa shape index (κ2) is 9.73. The molecular weight excluding hydrogens is 357 g/mol. The molecule has 2 unspecified atom stereocenters. The first kappa shape index (κ1) is 20.5. The lowest BCUT2D eigenvalue weighted by molar-refractivity contribution is 0.393. The molecule has 3 rings (SSSR count). The Kier molecular flexibility index (Phi) is 7.66. The van der Waals surface area contributed by atoms with Crippen LogP contribution in [0.2, 0.25) is 0 Å². The monoisotopic (exact) mass is 381 g/mol. The standard InChI is InChI=1S/C19H24FN3O2.ClH/c1-24-17-7-8-18(25-2)14(9-17)10-21-11-15-12-22-23-19(15)13-3-5-16(20)6-4-13;/h3-9,15,19,21-23H,10-12H2,1-2H3;1H. The molecule has 1 heterocycles. The summed E-state index contributed by atoms with van der Waals surface area (Å²) in [5.41, 5.74) is 8.61. The Balaban J connectivity index is 0.00000243. The minimum Gasteiger partial charge on any atom is -0.497 e. The summed E-state index contributed by atoms with van der Waals surface area (Å²) in [5, 5.41) is 3.49. The van der Waals surface area contributed by atoms with E-state index in [1.165, 1.54) is 12.1 Å². The van der Waals surface area contributed by atoms with Crippen molar-refractivity contribution < 1.29 is 13.9 Å². The van der Waals surface area contributed by atoms with E-state index in [4.69, 9.17) is 9.47 Å². The molecule has 0 aliphatic carbocycles. The van der Waals surface area contributed by atoms with Crippen LogP contribution in [-0.2, 0) is 6.54 Å². The summed E-state index contributed by atoms with van der Waals surface area (Å²) in [6.07, 6.45) is 0. The van der Waals surface area contributed by atoms with Crippen molar-refractivity contribution >= 4 is 12.4 Å². The maximum atomic E-state index is 13.1. The van der Waals surface area contributed by atoms with Crippen LogP contribution >= 0.6 is 12.4 Å². The smallest absolute Gasteiger partial charge is 0.123 e. The van der Waals surface area contributed by atoms with E-state index in [0.29, 0.717) is 12.5 Å². The highest BCUT2D eigenvalue weighted by molar-refractivity contribution is 5.85. The first-order valence-electron chi connectivity index (χ1n) is 8.36. The quantitative estimate of drug-likeness (QED) is 0.688. The van der Waals surface area contributed by atoms with E-state index in [-0.39, 0.29) is 24.3 Å². The van der Waals surface area contributed by atoms with Gasteiger partial charge in [-0.3, -0.25) is 5.43 Å². The second-order valence-corrected chi connectivity index (χ2v) is 6.12. The molecule has 5 nitrogen and oxygen atoms in total. The third-order valence-corrected chi connectivity index (χ3v) is 4.53. The zero-order valence-electron chi connectivity index (χ0n) is 14.9. The van der Waals surface area contributed by atoms with Crippen LogP contribution in [0.25, 0.3) is 0 Å². The van der Waals surface area contributed by atoms with E-state index in [2.05, 4.69) is 16.2 Å². The molecule has 1 saturated heterocycles. The molecule has 142 valence electrons. The Hall–Kier alpha value is -1.86. The van der Waals surface area contributed by atoms with E-state index < -0.39 is 0 Å². The highest BCUT2D eigenvalue weighted by Crippen LogP contribution is 2.26. The van der Waals surface area contributed by atoms with Crippen LogP contribution in [0.1, 0.15) is 17.2 Å². The molecule has 0 aromatic heterocycles. The fourth-order valence-corrected chi connectivity index (χ4v) is 3.16. The lowest BCUT2D eigenvalue weighted by atomic mass is 9.95. The van der Waals surface area contributed by atoms with Gasteiger partial charge in [-0.15, -0.1) is 12.4 Å². The fraction of sp³-hybridized carbons (Fsp3) is 0.368. The molecule has 26 heavy (non-hydrogen) atoms. The zero-order valence-corrected chi connectivity index (χ0v) is 15.7. The van der Waals surface area contributed by atoms with Crippen molar-refractivity contribution in [1.82, 2.24) is 16.2 Å². The summed E-state index contributed by atoms with van der Waals surface area (Å²) >= 11 is 0. The van der Waals surface area contributed by atoms with Gasteiger partial charge in [-0.1, -0.05) is 12.1 Å². The largest absolute Gasteiger partial charge is 0.497 e. The number of rotatable bonds is 7. The molecule has 1 fully saturated rings. The third-order valence-electron chi connectivity index (χ3n) is 4.53. The first-order chi connectivity index (χ1) is 12.2. The second-order valence-electron chi connectivity index (χ2n) is 6.12. The van der Waals surface area contributed by atoms with Gasteiger partial charge in [0.25, 0.3) is 0 Å². The van der Waals surface area contributed by atoms with E-state index in [1.54, 1.807) is 14.2 Å². The summed E-state index contributed by atoms with van der Waals surface area (Å²) in [6, 6.07) is 12.6. The van der Waals surface area contributed by atoms with Gasteiger partial charge in [0.15, 0.2) is 0 Å². The van der Waals surface area contributed by atoms with E-state index >= 15 is 0 Å². The van der Waals surface area contributed by atoms with Crippen LogP contribution in [0.3, 0.4) is 0 Å². The number of nitrogens with one attached hydrogen (secondary N) is 3. The van der Waals surface area contributed by atoms with Crippen molar-refractivity contribution in [2.75, 3.05) is 27.3 Å². The van der Waals surface area contributed by atoms with Crippen molar-refractivity contribution in [3.63, 3.8) is 0 Å². The Bertz CT molecular complexity index is 700. The summed E-state index contributed by atoms with van der Waals surface area (Å²) in [5.74, 6) is 1.80. The van der Waals surface area contributed by atoms with Gasteiger partial charge in [-0.2, -0.15) is 0 Å². The number of hydrogen-bond donors (Lipinski definition) is 3. The van der Waals surface area contributed by atoms with Gasteiger partial charge in [0.2, 0.25) is 0 Å². The molecule has 0 saturated carbocycles. The summed E-state index contributed by atoms with van der Waals surface area (Å²) < 4.78 is 23.8. The molecular formula is C19H25ClFN3O2. The lowest BCUT2D eigenvalue weighted by Crippen LogP contribution is -2.28. The van der Waals surface area contributed by atoms with Gasteiger partial charge < -0.3 is 14.8 Å². The maximum Gasteiger partial charge on any atom is 0.123 e. The summed E-state index contributed by atoms with van der Waals surface area (Å²) in [4.78, 5) is 0. The zero-order chi connectivity index (χ0) is 17.6. The van der Waals surface area contributed by atoms with Gasteiger partial charge in [-0.25, -0.2) is 9.82 Å². The van der Waals surface area contributed by atoms with Crippen LogP contribution in [0, 0.1) is 11.7 Å². The van der Waals surface area contributed by atoms with Crippen LogP contribution < -0.4 is 25.6 Å². The van der Waals surface area contributed by atoms with Gasteiger partial charge in [0.05, 0.1) is 20.3 Å². The van der Waals surface area contributed by atoms with Crippen molar-refractivity contribution in [2.24, 2.45) is 5.92 Å².